The molecule has 1 rings (SSSR count). The summed E-state index contributed by atoms with van der Waals surface area (Å²) in [6.07, 6.45) is -0.0576. The van der Waals surface area contributed by atoms with Gasteiger partial charge in [0.15, 0.2) is 0 Å². The standard InChI is InChI=1S/C11H10ClNO2/c1-7(2)15-10-5-8(11(12)14)3-4-9(10)6-13/h3-5,7H,1-2H3. The Labute approximate surface area is 93.2 Å². The molecule has 78 valence electrons. The Morgan fingerprint density at radius 1 is 1.53 bits per heavy atom. The van der Waals surface area contributed by atoms with E-state index in [0.717, 1.165) is 0 Å². The van der Waals surface area contributed by atoms with E-state index in [1.807, 2.05) is 19.9 Å². The molecule has 0 aliphatic carbocycles. The fourth-order valence-electron chi connectivity index (χ4n) is 1.09. The predicted molar refractivity (Wildman–Crippen MR) is 57.1 cm³/mol. The summed E-state index contributed by atoms with van der Waals surface area (Å²) in [6.45, 7) is 3.69. The molecule has 4 heteroatoms. The van der Waals surface area contributed by atoms with Crippen molar-refractivity contribution in [1.82, 2.24) is 0 Å². The number of rotatable bonds is 3. The van der Waals surface area contributed by atoms with Crippen LogP contribution in [-0.4, -0.2) is 11.3 Å². The van der Waals surface area contributed by atoms with Crippen molar-refractivity contribution >= 4 is 16.8 Å². The highest BCUT2D eigenvalue weighted by molar-refractivity contribution is 6.67. The molecule has 0 heterocycles. The van der Waals surface area contributed by atoms with Gasteiger partial charge in [-0.05, 0) is 43.6 Å². The smallest absolute Gasteiger partial charge is 0.252 e. The van der Waals surface area contributed by atoms with Gasteiger partial charge in [0, 0.05) is 5.56 Å². The molecular formula is C11H10ClNO2. The lowest BCUT2D eigenvalue weighted by Crippen LogP contribution is -2.07. The lowest BCUT2D eigenvalue weighted by molar-refractivity contribution is 0.108. The monoisotopic (exact) mass is 223 g/mol. The number of hydrogen-bond donors (Lipinski definition) is 0. The molecule has 0 unspecified atom stereocenters. The maximum absolute atomic E-state index is 10.9. The van der Waals surface area contributed by atoms with E-state index >= 15 is 0 Å². The van der Waals surface area contributed by atoms with Gasteiger partial charge in [0.05, 0.1) is 11.7 Å². The van der Waals surface area contributed by atoms with Gasteiger partial charge in [-0.25, -0.2) is 0 Å². The molecule has 0 saturated carbocycles. The Kier molecular flexibility index (Phi) is 3.70. The van der Waals surface area contributed by atoms with Crippen LogP contribution in [-0.2, 0) is 0 Å². The van der Waals surface area contributed by atoms with Crippen LogP contribution in [0.3, 0.4) is 0 Å². The van der Waals surface area contributed by atoms with Gasteiger partial charge in [-0.3, -0.25) is 4.79 Å². The van der Waals surface area contributed by atoms with Crippen molar-refractivity contribution in [2.75, 3.05) is 0 Å². The Hall–Kier alpha value is -1.53. The highest BCUT2D eigenvalue weighted by Crippen LogP contribution is 2.21. The average molecular weight is 224 g/mol. The van der Waals surface area contributed by atoms with Crippen LogP contribution < -0.4 is 4.74 Å². The highest BCUT2D eigenvalue weighted by Gasteiger charge is 2.09. The van der Waals surface area contributed by atoms with E-state index in [9.17, 15) is 4.79 Å². The lowest BCUT2D eigenvalue weighted by atomic mass is 10.1. The van der Waals surface area contributed by atoms with E-state index in [-0.39, 0.29) is 6.10 Å². The van der Waals surface area contributed by atoms with Crippen molar-refractivity contribution in [2.45, 2.75) is 20.0 Å². The fraction of sp³-hybridized carbons (Fsp3) is 0.273. The molecule has 3 nitrogen and oxygen atoms in total. The van der Waals surface area contributed by atoms with Crippen molar-refractivity contribution in [3.05, 3.63) is 29.3 Å². The van der Waals surface area contributed by atoms with E-state index in [4.69, 9.17) is 21.6 Å². The van der Waals surface area contributed by atoms with Gasteiger partial charge in [0.1, 0.15) is 11.8 Å². The zero-order valence-electron chi connectivity index (χ0n) is 8.45. The van der Waals surface area contributed by atoms with Gasteiger partial charge >= 0.3 is 0 Å². The van der Waals surface area contributed by atoms with E-state index in [0.29, 0.717) is 16.9 Å². The highest BCUT2D eigenvalue weighted by atomic mass is 35.5. The largest absolute Gasteiger partial charge is 0.490 e. The summed E-state index contributed by atoms with van der Waals surface area (Å²) in [5.74, 6) is 0.388. The number of carbonyl (C=O) groups is 1. The summed E-state index contributed by atoms with van der Waals surface area (Å²) in [7, 11) is 0. The molecule has 0 aliphatic heterocycles. The molecule has 0 fully saturated rings. The third kappa shape index (κ3) is 2.97. The summed E-state index contributed by atoms with van der Waals surface area (Å²) >= 11 is 5.33. The normalized spacial score (nSPS) is 9.80. The molecule has 0 atom stereocenters. The second kappa shape index (κ2) is 4.81. The van der Waals surface area contributed by atoms with E-state index in [1.54, 1.807) is 0 Å². The van der Waals surface area contributed by atoms with Gasteiger partial charge in [-0.15, -0.1) is 0 Å². The van der Waals surface area contributed by atoms with E-state index in [1.165, 1.54) is 18.2 Å². The molecule has 0 spiro atoms. The molecule has 0 saturated heterocycles. The summed E-state index contributed by atoms with van der Waals surface area (Å²) < 4.78 is 5.39. The van der Waals surface area contributed by atoms with Gasteiger partial charge < -0.3 is 4.74 Å². The van der Waals surface area contributed by atoms with Crippen molar-refractivity contribution in [2.24, 2.45) is 0 Å². The molecule has 0 bridgehead atoms. The summed E-state index contributed by atoms with van der Waals surface area (Å²) in [4.78, 5) is 10.9. The van der Waals surface area contributed by atoms with Crippen molar-refractivity contribution < 1.29 is 9.53 Å². The van der Waals surface area contributed by atoms with Gasteiger partial charge in [0.2, 0.25) is 0 Å². The quantitative estimate of drug-likeness (QED) is 0.741. The average Bonchev–Trinajstić information content (AvgIpc) is 2.16. The second-order valence-corrected chi connectivity index (χ2v) is 3.61. The van der Waals surface area contributed by atoms with E-state index < -0.39 is 5.24 Å². The Bertz CT molecular complexity index is 421. The minimum atomic E-state index is -0.562. The Morgan fingerprint density at radius 2 is 2.20 bits per heavy atom. The number of nitriles is 1. The first-order valence-electron chi connectivity index (χ1n) is 4.45. The number of halogens is 1. The van der Waals surface area contributed by atoms with Crippen molar-refractivity contribution in [3.8, 4) is 11.8 Å². The first-order valence-corrected chi connectivity index (χ1v) is 4.83. The van der Waals surface area contributed by atoms with Crippen LogP contribution >= 0.6 is 11.6 Å². The topological polar surface area (TPSA) is 50.1 Å². The number of nitrogens with zero attached hydrogens (tertiary/aromatic N) is 1. The Balaban J connectivity index is 3.14. The van der Waals surface area contributed by atoms with Crippen LogP contribution in [0.2, 0.25) is 0 Å². The summed E-state index contributed by atoms with van der Waals surface area (Å²) in [5, 5.41) is 8.25. The lowest BCUT2D eigenvalue weighted by Gasteiger charge is -2.11. The maximum atomic E-state index is 10.9. The minimum Gasteiger partial charge on any atom is -0.490 e. The molecule has 0 radical (unpaired) electrons. The van der Waals surface area contributed by atoms with Crippen LogP contribution in [0.5, 0.6) is 5.75 Å². The van der Waals surface area contributed by atoms with Crippen LogP contribution in [0.25, 0.3) is 0 Å². The first-order chi connectivity index (χ1) is 7.04. The van der Waals surface area contributed by atoms with Crippen LogP contribution in [0.1, 0.15) is 29.8 Å². The molecule has 1 aromatic rings. The number of ether oxygens (including phenoxy) is 1. The molecule has 0 amide bonds. The molecule has 0 aliphatic rings. The second-order valence-electron chi connectivity index (χ2n) is 3.26. The predicted octanol–water partition coefficient (Wildman–Crippen LogP) is 2.72. The maximum Gasteiger partial charge on any atom is 0.252 e. The SMILES string of the molecule is CC(C)Oc1cc(C(=O)Cl)ccc1C#N. The van der Waals surface area contributed by atoms with Crippen LogP contribution in [0.15, 0.2) is 18.2 Å². The van der Waals surface area contributed by atoms with Gasteiger partial charge in [-0.2, -0.15) is 5.26 Å². The summed E-state index contributed by atoms with van der Waals surface area (Å²) in [5.41, 5.74) is 0.719. The molecule has 15 heavy (non-hydrogen) atoms. The van der Waals surface area contributed by atoms with Crippen LogP contribution in [0.4, 0.5) is 0 Å². The zero-order chi connectivity index (χ0) is 11.4. The fourth-order valence-corrected chi connectivity index (χ4v) is 1.21. The van der Waals surface area contributed by atoms with Crippen molar-refractivity contribution in [3.63, 3.8) is 0 Å². The molecule has 1 aromatic carbocycles. The molecule has 0 N–H and O–H groups in total. The molecular weight excluding hydrogens is 214 g/mol. The van der Waals surface area contributed by atoms with Gasteiger partial charge in [0.25, 0.3) is 5.24 Å². The van der Waals surface area contributed by atoms with Crippen molar-refractivity contribution in [1.29, 1.82) is 5.26 Å². The number of carbonyl (C=O) groups excluding carboxylic acids is 1. The van der Waals surface area contributed by atoms with Gasteiger partial charge in [-0.1, -0.05) is 0 Å². The number of hydrogen-bond acceptors (Lipinski definition) is 3. The van der Waals surface area contributed by atoms with E-state index in [2.05, 4.69) is 0 Å². The third-order valence-electron chi connectivity index (χ3n) is 1.69. The number of benzene rings is 1. The zero-order valence-corrected chi connectivity index (χ0v) is 9.21. The summed E-state index contributed by atoms with van der Waals surface area (Å²) in [6, 6.07) is 6.49. The third-order valence-corrected chi connectivity index (χ3v) is 1.91. The first kappa shape index (κ1) is 11.5. The molecule has 0 aromatic heterocycles. The minimum absolute atomic E-state index is 0.0576. The Morgan fingerprint density at radius 3 is 2.67 bits per heavy atom. The van der Waals surface area contributed by atoms with Crippen LogP contribution in [0, 0.1) is 11.3 Å².